The minimum Gasteiger partial charge on any atom is -0.507 e. The van der Waals surface area contributed by atoms with Crippen LogP contribution in [0.15, 0.2) is 29.4 Å². The van der Waals surface area contributed by atoms with Crippen LogP contribution >= 0.6 is 0 Å². The normalized spacial score (nSPS) is 10.9. The Hall–Kier alpha value is -2.83. The van der Waals surface area contributed by atoms with Crippen LogP contribution < -0.4 is 10.2 Å². The number of methoxy groups -OCH3 is 1. The molecule has 1 heterocycles. The Labute approximate surface area is 128 Å². The largest absolute Gasteiger partial charge is 0.507 e. The molecule has 2 aromatic rings. The van der Waals surface area contributed by atoms with Gasteiger partial charge in [0, 0.05) is 11.3 Å². The lowest BCUT2D eigenvalue weighted by Crippen LogP contribution is -2.24. The molecule has 0 fully saturated rings. The van der Waals surface area contributed by atoms with Gasteiger partial charge in [-0.2, -0.15) is 10.2 Å². The Kier molecular flexibility index (Phi) is 4.77. The SMILES string of the molecule is COc1ccc(O)c(/C=N/NC(=O)Cn2nc(C)cc2C)c1. The molecule has 7 nitrogen and oxygen atoms in total. The maximum absolute atomic E-state index is 11.8. The van der Waals surface area contributed by atoms with Gasteiger partial charge in [0.05, 0.1) is 19.0 Å². The molecule has 2 N–H and O–H groups in total. The van der Waals surface area contributed by atoms with Gasteiger partial charge in [0.15, 0.2) is 0 Å². The number of nitrogens with zero attached hydrogens (tertiary/aromatic N) is 3. The number of hydrogen-bond acceptors (Lipinski definition) is 5. The van der Waals surface area contributed by atoms with Gasteiger partial charge in [0.1, 0.15) is 18.0 Å². The van der Waals surface area contributed by atoms with Gasteiger partial charge in [-0.15, -0.1) is 0 Å². The van der Waals surface area contributed by atoms with Crippen LogP contribution in [0.3, 0.4) is 0 Å². The molecule has 116 valence electrons. The third kappa shape index (κ3) is 3.85. The Morgan fingerprint density at radius 1 is 1.45 bits per heavy atom. The van der Waals surface area contributed by atoms with E-state index in [0.29, 0.717) is 11.3 Å². The fraction of sp³-hybridized carbons (Fsp3) is 0.267. The van der Waals surface area contributed by atoms with Gasteiger partial charge in [-0.05, 0) is 38.1 Å². The van der Waals surface area contributed by atoms with E-state index in [1.54, 1.807) is 16.8 Å². The number of phenols is 1. The van der Waals surface area contributed by atoms with Crippen molar-refractivity contribution < 1.29 is 14.6 Å². The summed E-state index contributed by atoms with van der Waals surface area (Å²) in [5.41, 5.74) is 4.61. The van der Waals surface area contributed by atoms with Crippen molar-refractivity contribution in [3.05, 3.63) is 41.2 Å². The standard InChI is InChI=1S/C15H18N4O3/c1-10-6-11(2)19(18-10)9-15(21)17-16-8-12-7-13(22-3)4-5-14(12)20/h4-8,20H,9H2,1-3H3,(H,17,21)/b16-8+. The molecule has 0 saturated heterocycles. The number of benzene rings is 1. The first kappa shape index (κ1) is 15.6. The molecule has 0 bridgehead atoms. The molecule has 0 aliphatic heterocycles. The number of phenolic OH excluding ortho intramolecular Hbond substituents is 1. The second-order valence-corrected chi connectivity index (χ2v) is 4.80. The number of amides is 1. The molecule has 1 amide bonds. The van der Waals surface area contributed by atoms with Gasteiger partial charge in [-0.3, -0.25) is 9.48 Å². The van der Waals surface area contributed by atoms with E-state index in [2.05, 4.69) is 15.6 Å². The summed E-state index contributed by atoms with van der Waals surface area (Å²) in [6, 6.07) is 6.64. The van der Waals surface area contributed by atoms with Crippen molar-refractivity contribution in [2.75, 3.05) is 7.11 Å². The quantitative estimate of drug-likeness (QED) is 0.645. The highest BCUT2D eigenvalue weighted by Gasteiger charge is 2.06. The molecular weight excluding hydrogens is 284 g/mol. The highest BCUT2D eigenvalue weighted by atomic mass is 16.5. The average Bonchev–Trinajstić information content (AvgIpc) is 2.78. The number of carbonyl (C=O) groups excluding carboxylic acids is 1. The summed E-state index contributed by atoms with van der Waals surface area (Å²) >= 11 is 0. The van der Waals surface area contributed by atoms with Crippen LogP contribution in [0.5, 0.6) is 11.5 Å². The van der Waals surface area contributed by atoms with Crippen LogP contribution in [0, 0.1) is 13.8 Å². The van der Waals surface area contributed by atoms with E-state index in [9.17, 15) is 9.90 Å². The van der Waals surface area contributed by atoms with Gasteiger partial charge < -0.3 is 9.84 Å². The van der Waals surface area contributed by atoms with Crippen LogP contribution in [0.4, 0.5) is 0 Å². The summed E-state index contributed by atoms with van der Waals surface area (Å²) in [6.45, 7) is 3.83. The highest BCUT2D eigenvalue weighted by Crippen LogP contribution is 2.20. The zero-order valence-electron chi connectivity index (χ0n) is 12.7. The molecule has 1 aromatic carbocycles. The Morgan fingerprint density at radius 2 is 2.23 bits per heavy atom. The number of hydrazone groups is 1. The molecule has 0 aliphatic rings. The summed E-state index contributed by atoms with van der Waals surface area (Å²) in [7, 11) is 1.53. The first-order valence-electron chi connectivity index (χ1n) is 6.69. The third-order valence-electron chi connectivity index (χ3n) is 3.02. The Balaban J connectivity index is 1.97. The molecule has 0 aliphatic carbocycles. The van der Waals surface area contributed by atoms with Crippen LogP contribution in [-0.4, -0.2) is 34.1 Å². The first-order valence-corrected chi connectivity index (χ1v) is 6.69. The molecule has 0 unspecified atom stereocenters. The van der Waals surface area contributed by atoms with Crippen molar-refractivity contribution in [2.45, 2.75) is 20.4 Å². The molecule has 0 radical (unpaired) electrons. The zero-order chi connectivity index (χ0) is 16.1. The predicted molar refractivity (Wildman–Crippen MR) is 82.1 cm³/mol. The zero-order valence-corrected chi connectivity index (χ0v) is 12.7. The number of nitrogens with one attached hydrogen (secondary N) is 1. The minimum absolute atomic E-state index is 0.0531. The summed E-state index contributed by atoms with van der Waals surface area (Å²) in [5.74, 6) is 0.343. The topological polar surface area (TPSA) is 88.7 Å². The molecule has 0 atom stereocenters. The van der Waals surface area contributed by atoms with Crippen molar-refractivity contribution >= 4 is 12.1 Å². The second-order valence-electron chi connectivity index (χ2n) is 4.80. The van der Waals surface area contributed by atoms with E-state index in [1.807, 2.05) is 19.9 Å². The van der Waals surface area contributed by atoms with E-state index in [4.69, 9.17) is 4.74 Å². The summed E-state index contributed by atoms with van der Waals surface area (Å²) in [4.78, 5) is 11.8. The van der Waals surface area contributed by atoms with E-state index in [1.165, 1.54) is 19.4 Å². The first-order chi connectivity index (χ1) is 10.5. The Morgan fingerprint density at radius 3 is 2.86 bits per heavy atom. The predicted octanol–water partition coefficient (Wildman–Crippen LogP) is 1.36. The Bertz CT molecular complexity index is 707. The van der Waals surface area contributed by atoms with Crippen LogP contribution in [0.1, 0.15) is 17.0 Å². The number of aryl methyl sites for hydroxylation is 2. The van der Waals surface area contributed by atoms with Gasteiger partial charge in [0.2, 0.25) is 0 Å². The molecule has 22 heavy (non-hydrogen) atoms. The van der Waals surface area contributed by atoms with E-state index in [0.717, 1.165) is 11.4 Å². The number of aromatic nitrogens is 2. The van der Waals surface area contributed by atoms with Crippen molar-refractivity contribution in [3.8, 4) is 11.5 Å². The molecule has 7 heteroatoms. The number of rotatable bonds is 5. The average molecular weight is 302 g/mol. The van der Waals surface area contributed by atoms with Gasteiger partial charge in [-0.25, -0.2) is 5.43 Å². The summed E-state index contributed by atoms with van der Waals surface area (Å²) in [6.07, 6.45) is 1.36. The van der Waals surface area contributed by atoms with Crippen molar-refractivity contribution in [1.82, 2.24) is 15.2 Å². The van der Waals surface area contributed by atoms with E-state index >= 15 is 0 Å². The number of ether oxygens (including phenoxy) is 1. The lowest BCUT2D eigenvalue weighted by atomic mass is 10.2. The lowest BCUT2D eigenvalue weighted by Gasteiger charge is -2.04. The van der Waals surface area contributed by atoms with Gasteiger partial charge >= 0.3 is 0 Å². The minimum atomic E-state index is -0.301. The summed E-state index contributed by atoms with van der Waals surface area (Å²) < 4.78 is 6.66. The molecule has 1 aromatic heterocycles. The number of aromatic hydroxyl groups is 1. The number of hydrogen-bond donors (Lipinski definition) is 2. The smallest absolute Gasteiger partial charge is 0.261 e. The number of carbonyl (C=O) groups is 1. The molecule has 0 spiro atoms. The van der Waals surface area contributed by atoms with E-state index in [-0.39, 0.29) is 18.2 Å². The van der Waals surface area contributed by atoms with Crippen molar-refractivity contribution in [3.63, 3.8) is 0 Å². The molecular formula is C15H18N4O3. The highest BCUT2D eigenvalue weighted by molar-refractivity contribution is 5.85. The molecule has 2 rings (SSSR count). The lowest BCUT2D eigenvalue weighted by molar-refractivity contribution is -0.121. The van der Waals surface area contributed by atoms with Crippen molar-refractivity contribution in [2.24, 2.45) is 5.10 Å². The van der Waals surface area contributed by atoms with Crippen molar-refractivity contribution in [1.29, 1.82) is 0 Å². The fourth-order valence-electron chi connectivity index (χ4n) is 1.94. The monoisotopic (exact) mass is 302 g/mol. The van der Waals surface area contributed by atoms with Gasteiger partial charge in [-0.1, -0.05) is 0 Å². The van der Waals surface area contributed by atoms with E-state index < -0.39 is 0 Å². The van der Waals surface area contributed by atoms with Crippen LogP contribution in [0.2, 0.25) is 0 Å². The summed E-state index contributed by atoms with van der Waals surface area (Å²) in [5, 5.41) is 17.7. The maximum Gasteiger partial charge on any atom is 0.261 e. The maximum atomic E-state index is 11.8. The van der Waals surface area contributed by atoms with Gasteiger partial charge in [0.25, 0.3) is 5.91 Å². The molecule has 0 saturated carbocycles. The fourth-order valence-corrected chi connectivity index (χ4v) is 1.94. The van der Waals surface area contributed by atoms with Crippen LogP contribution in [0.25, 0.3) is 0 Å². The van der Waals surface area contributed by atoms with Crippen LogP contribution in [-0.2, 0) is 11.3 Å². The second kappa shape index (κ2) is 6.75. The third-order valence-corrected chi connectivity index (χ3v) is 3.02.